The number of carbonyl (C=O) groups is 2. The van der Waals surface area contributed by atoms with Gasteiger partial charge in [-0.3, -0.25) is 4.79 Å². The molecule has 1 N–H and O–H groups in total. The van der Waals surface area contributed by atoms with Crippen molar-refractivity contribution in [2.75, 3.05) is 45.7 Å². The van der Waals surface area contributed by atoms with E-state index in [1.807, 2.05) is 45.8 Å². The maximum atomic E-state index is 12.5. The third-order valence-electron chi connectivity index (χ3n) is 5.59. The number of hydrogen-bond acceptors (Lipinski definition) is 10. The number of likely N-dealkylation sites (N-methyl/N-ethyl adjacent to an activating group) is 1. The Bertz CT molecular complexity index is 1120. The molecule has 1 saturated heterocycles. The molecule has 0 spiro atoms. The SMILES string of the molecule is CN(C)CC(=O)Cc1cnc(Nc2cnc(C#N)cn2)cc1OCC1CCN(C(=O)OC(C)(C)C)CC1. The first-order chi connectivity index (χ1) is 17.5. The van der Waals surface area contributed by atoms with E-state index in [2.05, 4.69) is 20.3 Å². The summed E-state index contributed by atoms with van der Waals surface area (Å²) in [5.41, 5.74) is 0.401. The van der Waals surface area contributed by atoms with Gasteiger partial charge in [-0.15, -0.1) is 0 Å². The van der Waals surface area contributed by atoms with Crippen molar-refractivity contribution in [2.45, 2.75) is 45.6 Å². The van der Waals surface area contributed by atoms with Gasteiger partial charge in [0.2, 0.25) is 0 Å². The van der Waals surface area contributed by atoms with Crippen LogP contribution >= 0.6 is 0 Å². The zero-order valence-corrected chi connectivity index (χ0v) is 22.2. The van der Waals surface area contributed by atoms with Crippen molar-refractivity contribution in [1.29, 1.82) is 5.26 Å². The van der Waals surface area contributed by atoms with Gasteiger partial charge < -0.3 is 24.6 Å². The van der Waals surface area contributed by atoms with E-state index in [1.54, 1.807) is 17.2 Å². The summed E-state index contributed by atoms with van der Waals surface area (Å²) in [6, 6.07) is 3.68. The van der Waals surface area contributed by atoms with Crippen LogP contribution < -0.4 is 10.1 Å². The van der Waals surface area contributed by atoms with Gasteiger partial charge in [-0.2, -0.15) is 5.26 Å². The van der Waals surface area contributed by atoms with Gasteiger partial charge in [-0.1, -0.05) is 0 Å². The molecule has 1 aliphatic rings. The van der Waals surface area contributed by atoms with Crippen molar-refractivity contribution >= 4 is 23.5 Å². The third-order valence-corrected chi connectivity index (χ3v) is 5.59. The zero-order chi connectivity index (χ0) is 27.0. The van der Waals surface area contributed by atoms with Crippen LogP contribution in [0.3, 0.4) is 0 Å². The molecule has 1 fully saturated rings. The van der Waals surface area contributed by atoms with E-state index in [0.717, 1.165) is 12.8 Å². The molecule has 0 saturated carbocycles. The van der Waals surface area contributed by atoms with Gasteiger partial charge in [-0.05, 0) is 53.6 Å². The van der Waals surface area contributed by atoms with Gasteiger partial charge in [0.1, 0.15) is 29.1 Å². The lowest BCUT2D eigenvalue weighted by Crippen LogP contribution is -2.42. The van der Waals surface area contributed by atoms with E-state index in [9.17, 15) is 9.59 Å². The molecule has 0 radical (unpaired) electrons. The standard InChI is InChI=1S/C26H35N7O4/c1-26(2,3)37-25(35)33-8-6-18(7-9-33)17-36-22-11-23(31-24-15-28-20(12-27)14-30-24)29-13-19(22)10-21(34)16-32(4)5/h11,13-15,18H,6-10,16-17H2,1-5H3,(H,29,30,31). The number of anilines is 2. The molecule has 0 aromatic carbocycles. The zero-order valence-electron chi connectivity index (χ0n) is 22.2. The molecule has 2 aromatic heterocycles. The van der Waals surface area contributed by atoms with Gasteiger partial charge in [0.25, 0.3) is 0 Å². The molecule has 0 unspecified atom stereocenters. The molecule has 3 heterocycles. The van der Waals surface area contributed by atoms with Crippen LogP contribution in [-0.4, -0.2) is 82.6 Å². The minimum atomic E-state index is -0.520. The van der Waals surface area contributed by atoms with Crippen molar-refractivity contribution in [3.63, 3.8) is 0 Å². The third kappa shape index (κ3) is 8.99. The van der Waals surface area contributed by atoms with Gasteiger partial charge >= 0.3 is 6.09 Å². The smallest absolute Gasteiger partial charge is 0.410 e. The Kier molecular flexibility index (Phi) is 9.36. The molecule has 11 nitrogen and oxygen atoms in total. The Morgan fingerprint density at radius 2 is 1.84 bits per heavy atom. The van der Waals surface area contributed by atoms with Crippen molar-refractivity contribution < 1.29 is 19.1 Å². The van der Waals surface area contributed by atoms with Crippen LogP contribution in [0.1, 0.15) is 44.9 Å². The first kappa shape index (κ1) is 27.8. The van der Waals surface area contributed by atoms with Crippen LogP contribution in [-0.2, 0) is 16.0 Å². The average Bonchev–Trinajstić information content (AvgIpc) is 2.83. The molecule has 1 aliphatic heterocycles. The van der Waals surface area contributed by atoms with E-state index in [0.29, 0.717) is 49.2 Å². The number of aromatic nitrogens is 3. The number of hydrogen-bond donors (Lipinski definition) is 1. The summed E-state index contributed by atoms with van der Waals surface area (Å²) in [6.07, 6.45) is 5.97. The van der Waals surface area contributed by atoms with Gasteiger partial charge in [0, 0.05) is 37.3 Å². The summed E-state index contributed by atoms with van der Waals surface area (Å²) in [6.45, 7) is 7.57. The Labute approximate surface area is 217 Å². The lowest BCUT2D eigenvalue weighted by molar-refractivity contribution is -0.119. The van der Waals surface area contributed by atoms with Gasteiger partial charge in [0.05, 0.1) is 25.5 Å². The fourth-order valence-corrected chi connectivity index (χ4v) is 3.82. The number of Topliss-reactive ketones (excluding diaryl/α,β-unsaturated/α-hetero) is 1. The highest BCUT2D eigenvalue weighted by Gasteiger charge is 2.27. The highest BCUT2D eigenvalue weighted by atomic mass is 16.6. The highest BCUT2D eigenvalue weighted by molar-refractivity contribution is 5.83. The van der Waals surface area contributed by atoms with Gasteiger partial charge in [0.15, 0.2) is 11.5 Å². The molecule has 11 heteroatoms. The van der Waals surface area contributed by atoms with Crippen LogP contribution in [0.15, 0.2) is 24.7 Å². The second-order valence-corrected chi connectivity index (χ2v) is 10.4. The van der Waals surface area contributed by atoms with Crippen LogP contribution in [0.2, 0.25) is 0 Å². The number of carbonyl (C=O) groups excluding carboxylic acids is 2. The number of rotatable bonds is 9. The summed E-state index contributed by atoms with van der Waals surface area (Å²) in [7, 11) is 3.70. The first-order valence-corrected chi connectivity index (χ1v) is 12.3. The number of pyridine rings is 1. The summed E-state index contributed by atoms with van der Waals surface area (Å²) in [5, 5.41) is 12.0. The number of ether oxygens (including phenoxy) is 2. The monoisotopic (exact) mass is 509 g/mol. The van der Waals surface area contributed by atoms with Crippen LogP contribution in [0.5, 0.6) is 5.75 Å². The first-order valence-electron chi connectivity index (χ1n) is 12.3. The van der Waals surface area contributed by atoms with Crippen molar-refractivity contribution in [3.05, 3.63) is 35.9 Å². The Balaban J connectivity index is 1.66. The van der Waals surface area contributed by atoms with E-state index in [1.165, 1.54) is 12.4 Å². The topological polar surface area (TPSA) is 134 Å². The van der Waals surface area contributed by atoms with E-state index >= 15 is 0 Å². The summed E-state index contributed by atoms with van der Waals surface area (Å²) < 4.78 is 11.7. The van der Waals surface area contributed by atoms with Crippen LogP contribution in [0, 0.1) is 17.2 Å². The number of nitrogens with zero attached hydrogens (tertiary/aromatic N) is 6. The number of likely N-dealkylation sites (tertiary alicyclic amines) is 1. The fourth-order valence-electron chi connectivity index (χ4n) is 3.82. The van der Waals surface area contributed by atoms with Gasteiger partial charge in [-0.25, -0.2) is 19.7 Å². The number of ketones is 1. The maximum Gasteiger partial charge on any atom is 0.410 e. The minimum Gasteiger partial charge on any atom is -0.493 e. The molecule has 198 valence electrons. The van der Waals surface area contributed by atoms with Crippen molar-refractivity contribution in [3.8, 4) is 11.8 Å². The molecule has 0 atom stereocenters. The predicted molar refractivity (Wildman–Crippen MR) is 138 cm³/mol. The quantitative estimate of drug-likeness (QED) is 0.537. The molecule has 0 bridgehead atoms. The van der Waals surface area contributed by atoms with Crippen LogP contribution in [0.25, 0.3) is 0 Å². The number of nitrogens with one attached hydrogen (secondary N) is 1. The minimum absolute atomic E-state index is 0.0565. The highest BCUT2D eigenvalue weighted by Crippen LogP contribution is 2.26. The predicted octanol–water partition coefficient (Wildman–Crippen LogP) is 3.19. The second-order valence-electron chi connectivity index (χ2n) is 10.4. The molecule has 1 amide bonds. The van der Waals surface area contributed by atoms with E-state index in [-0.39, 0.29) is 29.9 Å². The second kappa shape index (κ2) is 12.5. The lowest BCUT2D eigenvalue weighted by Gasteiger charge is -2.33. The Morgan fingerprint density at radius 3 is 2.43 bits per heavy atom. The largest absolute Gasteiger partial charge is 0.493 e. The Morgan fingerprint density at radius 1 is 1.14 bits per heavy atom. The Hall–Kier alpha value is -3.78. The molecular formula is C26H35N7O4. The van der Waals surface area contributed by atoms with E-state index in [4.69, 9.17) is 14.7 Å². The fraction of sp³-hybridized carbons (Fsp3) is 0.538. The number of piperidine rings is 1. The molecular weight excluding hydrogens is 474 g/mol. The van der Waals surface area contributed by atoms with Crippen molar-refractivity contribution in [1.82, 2.24) is 24.8 Å². The average molecular weight is 510 g/mol. The number of amides is 1. The normalized spacial score (nSPS) is 14.2. The molecule has 0 aliphatic carbocycles. The van der Waals surface area contributed by atoms with Crippen LogP contribution in [0.4, 0.5) is 16.4 Å². The molecule has 2 aromatic rings. The molecule has 3 rings (SSSR count). The van der Waals surface area contributed by atoms with E-state index < -0.39 is 5.60 Å². The summed E-state index contributed by atoms with van der Waals surface area (Å²) in [4.78, 5) is 41.0. The van der Waals surface area contributed by atoms with Crippen molar-refractivity contribution in [2.24, 2.45) is 5.92 Å². The number of nitriles is 1. The lowest BCUT2D eigenvalue weighted by atomic mass is 9.98. The maximum absolute atomic E-state index is 12.5. The summed E-state index contributed by atoms with van der Waals surface area (Å²) >= 11 is 0. The summed E-state index contributed by atoms with van der Waals surface area (Å²) in [5.74, 6) is 1.81. The molecule has 37 heavy (non-hydrogen) atoms.